The van der Waals surface area contributed by atoms with Crippen LogP contribution in [-0.2, 0) is 6.54 Å². The van der Waals surface area contributed by atoms with Crippen LogP contribution in [0.25, 0.3) is 0 Å². The van der Waals surface area contributed by atoms with E-state index >= 15 is 0 Å². The van der Waals surface area contributed by atoms with E-state index in [0.717, 1.165) is 30.4 Å². The zero-order valence-electron chi connectivity index (χ0n) is 11.1. The minimum Gasteiger partial charge on any atom is -0.396 e. The van der Waals surface area contributed by atoms with Crippen LogP contribution < -0.4 is 5.32 Å². The van der Waals surface area contributed by atoms with Crippen molar-refractivity contribution >= 4 is 27.7 Å². The molecule has 102 valence electrons. The molecule has 0 spiro atoms. The molecule has 0 amide bonds. The Hall–Kier alpha value is -0.0300. The molecule has 0 aliphatic carbocycles. The SMILES string of the molecule is CCCNCc1ccc(SC(C)CCO)cc1Br. The first-order chi connectivity index (χ1) is 8.67. The van der Waals surface area contributed by atoms with Crippen molar-refractivity contribution in [2.24, 2.45) is 0 Å². The number of rotatable bonds is 8. The molecule has 18 heavy (non-hydrogen) atoms. The van der Waals surface area contributed by atoms with E-state index in [1.807, 2.05) is 11.8 Å². The summed E-state index contributed by atoms with van der Waals surface area (Å²) < 4.78 is 1.16. The number of halogens is 1. The molecule has 0 aliphatic heterocycles. The molecular weight excluding hydrogens is 310 g/mol. The van der Waals surface area contributed by atoms with E-state index in [0.29, 0.717) is 5.25 Å². The van der Waals surface area contributed by atoms with E-state index in [2.05, 4.69) is 53.3 Å². The average molecular weight is 332 g/mol. The van der Waals surface area contributed by atoms with Crippen LogP contribution in [0.5, 0.6) is 0 Å². The van der Waals surface area contributed by atoms with Crippen LogP contribution in [0.4, 0.5) is 0 Å². The van der Waals surface area contributed by atoms with E-state index in [1.54, 1.807) is 0 Å². The van der Waals surface area contributed by atoms with Gasteiger partial charge in [-0.05, 0) is 37.1 Å². The van der Waals surface area contributed by atoms with Gasteiger partial charge in [-0.15, -0.1) is 11.8 Å². The molecular formula is C14H22BrNOS. The van der Waals surface area contributed by atoms with Gasteiger partial charge in [-0.1, -0.05) is 35.8 Å². The second-order valence-electron chi connectivity index (χ2n) is 4.37. The topological polar surface area (TPSA) is 32.3 Å². The smallest absolute Gasteiger partial charge is 0.0441 e. The zero-order chi connectivity index (χ0) is 13.4. The number of hydrogen-bond acceptors (Lipinski definition) is 3. The molecule has 1 unspecified atom stereocenters. The summed E-state index contributed by atoms with van der Waals surface area (Å²) in [6.45, 7) is 6.53. The number of thioether (sulfide) groups is 1. The van der Waals surface area contributed by atoms with Crippen molar-refractivity contribution < 1.29 is 5.11 Å². The third-order valence-corrected chi connectivity index (χ3v) is 4.54. The van der Waals surface area contributed by atoms with Crippen LogP contribution in [-0.4, -0.2) is 23.5 Å². The summed E-state index contributed by atoms with van der Waals surface area (Å²) in [4.78, 5) is 1.25. The van der Waals surface area contributed by atoms with Gasteiger partial charge in [-0.2, -0.15) is 0 Å². The number of aliphatic hydroxyl groups excluding tert-OH is 1. The highest BCUT2D eigenvalue weighted by Gasteiger charge is 2.06. The Bertz CT molecular complexity index is 360. The van der Waals surface area contributed by atoms with E-state index < -0.39 is 0 Å². The van der Waals surface area contributed by atoms with Gasteiger partial charge in [0.1, 0.15) is 0 Å². The molecule has 1 aromatic rings. The summed E-state index contributed by atoms with van der Waals surface area (Å²) in [7, 11) is 0. The van der Waals surface area contributed by atoms with Crippen LogP contribution in [0.1, 0.15) is 32.3 Å². The highest BCUT2D eigenvalue weighted by Crippen LogP contribution is 2.29. The predicted octanol–water partition coefficient (Wildman–Crippen LogP) is 3.81. The molecule has 0 saturated carbocycles. The highest BCUT2D eigenvalue weighted by molar-refractivity contribution is 9.10. The Labute approximate surface area is 123 Å². The van der Waals surface area contributed by atoms with Gasteiger partial charge in [0.15, 0.2) is 0 Å². The van der Waals surface area contributed by atoms with Crippen molar-refractivity contribution in [2.45, 2.75) is 43.4 Å². The summed E-state index contributed by atoms with van der Waals surface area (Å²) >= 11 is 5.43. The largest absolute Gasteiger partial charge is 0.396 e. The Kier molecular flexibility index (Phi) is 7.98. The molecule has 0 bridgehead atoms. The lowest BCUT2D eigenvalue weighted by Crippen LogP contribution is -2.14. The van der Waals surface area contributed by atoms with Crippen molar-refractivity contribution in [3.8, 4) is 0 Å². The fourth-order valence-electron chi connectivity index (χ4n) is 1.62. The second kappa shape index (κ2) is 8.97. The molecule has 0 saturated heterocycles. The minimum absolute atomic E-state index is 0.258. The van der Waals surface area contributed by atoms with E-state index in [4.69, 9.17) is 5.11 Å². The first-order valence-corrected chi connectivity index (χ1v) is 8.11. The third-order valence-electron chi connectivity index (χ3n) is 2.64. The van der Waals surface area contributed by atoms with Crippen molar-refractivity contribution in [1.82, 2.24) is 5.32 Å². The van der Waals surface area contributed by atoms with E-state index in [-0.39, 0.29) is 6.61 Å². The maximum atomic E-state index is 8.90. The fourth-order valence-corrected chi connectivity index (χ4v) is 3.31. The van der Waals surface area contributed by atoms with Crippen LogP contribution in [0, 0.1) is 0 Å². The maximum Gasteiger partial charge on any atom is 0.0441 e. The molecule has 0 radical (unpaired) electrons. The summed E-state index contributed by atoms with van der Waals surface area (Å²) in [5.74, 6) is 0. The maximum absolute atomic E-state index is 8.90. The minimum atomic E-state index is 0.258. The van der Waals surface area contributed by atoms with Gasteiger partial charge in [0.2, 0.25) is 0 Å². The van der Waals surface area contributed by atoms with Gasteiger partial charge >= 0.3 is 0 Å². The molecule has 0 fully saturated rings. The normalized spacial score (nSPS) is 12.7. The third kappa shape index (κ3) is 5.74. The Morgan fingerprint density at radius 2 is 2.22 bits per heavy atom. The monoisotopic (exact) mass is 331 g/mol. The lowest BCUT2D eigenvalue weighted by Gasteiger charge is -2.11. The number of nitrogens with one attached hydrogen (secondary N) is 1. The Morgan fingerprint density at radius 1 is 1.44 bits per heavy atom. The van der Waals surface area contributed by atoms with Crippen LogP contribution >= 0.6 is 27.7 Å². The van der Waals surface area contributed by atoms with Crippen molar-refractivity contribution in [2.75, 3.05) is 13.2 Å². The molecule has 0 heterocycles. The van der Waals surface area contributed by atoms with Gasteiger partial charge in [-0.25, -0.2) is 0 Å². The van der Waals surface area contributed by atoms with Crippen LogP contribution in [0.2, 0.25) is 0 Å². The summed E-state index contributed by atoms with van der Waals surface area (Å²) in [6, 6.07) is 6.49. The molecule has 1 aromatic carbocycles. The number of hydrogen-bond donors (Lipinski definition) is 2. The van der Waals surface area contributed by atoms with Gasteiger partial charge in [-0.3, -0.25) is 0 Å². The van der Waals surface area contributed by atoms with Gasteiger partial charge in [0.05, 0.1) is 0 Å². The van der Waals surface area contributed by atoms with E-state index in [9.17, 15) is 0 Å². The molecule has 2 N–H and O–H groups in total. The average Bonchev–Trinajstić information content (AvgIpc) is 2.32. The number of aliphatic hydroxyl groups is 1. The fraction of sp³-hybridized carbons (Fsp3) is 0.571. The van der Waals surface area contributed by atoms with Gasteiger partial charge in [0.25, 0.3) is 0 Å². The Balaban J connectivity index is 2.55. The zero-order valence-corrected chi connectivity index (χ0v) is 13.5. The van der Waals surface area contributed by atoms with Crippen LogP contribution in [0.3, 0.4) is 0 Å². The summed E-state index contributed by atoms with van der Waals surface area (Å²) in [5, 5.41) is 12.8. The van der Waals surface area contributed by atoms with E-state index in [1.165, 1.54) is 10.5 Å². The van der Waals surface area contributed by atoms with Crippen molar-refractivity contribution in [3.63, 3.8) is 0 Å². The quantitative estimate of drug-likeness (QED) is 0.561. The molecule has 0 aromatic heterocycles. The lowest BCUT2D eigenvalue weighted by molar-refractivity contribution is 0.289. The Morgan fingerprint density at radius 3 is 2.83 bits per heavy atom. The standard InChI is InChI=1S/C14H22BrNOS/c1-3-7-16-10-12-4-5-13(9-14(12)15)18-11(2)6-8-17/h4-5,9,11,16-17H,3,6-8,10H2,1-2H3. The predicted molar refractivity (Wildman–Crippen MR) is 83.2 cm³/mol. The second-order valence-corrected chi connectivity index (χ2v) is 6.74. The van der Waals surface area contributed by atoms with Crippen molar-refractivity contribution in [1.29, 1.82) is 0 Å². The number of benzene rings is 1. The van der Waals surface area contributed by atoms with Gasteiger partial charge in [0, 0.05) is 27.8 Å². The summed E-state index contributed by atoms with van der Waals surface area (Å²) in [6.07, 6.45) is 1.99. The molecule has 4 heteroatoms. The summed E-state index contributed by atoms with van der Waals surface area (Å²) in [5.41, 5.74) is 1.29. The highest BCUT2D eigenvalue weighted by atomic mass is 79.9. The molecule has 1 atom stereocenters. The van der Waals surface area contributed by atoms with Gasteiger partial charge < -0.3 is 10.4 Å². The first-order valence-electron chi connectivity index (χ1n) is 6.44. The van der Waals surface area contributed by atoms with Crippen molar-refractivity contribution in [3.05, 3.63) is 28.2 Å². The molecule has 1 rings (SSSR count). The first kappa shape index (κ1) is 16.0. The molecule has 0 aliphatic rings. The lowest BCUT2D eigenvalue weighted by atomic mass is 10.2. The molecule has 2 nitrogen and oxygen atoms in total. The van der Waals surface area contributed by atoms with Crippen LogP contribution in [0.15, 0.2) is 27.6 Å².